The Kier molecular flexibility index (Phi) is 8.61. The summed E-state index contributed by atoms with van der Waals surface area (Å²) < 4.78 is 43.3. The third-order valence-electron chi connectivity index (χ3n) is 3.63. The van der Waals surface area contributed by atoms with E-state index in [0.717, 1.165) is 12.1 Å². The molecule has 2 rings (SSSR count). The van der Waals surface area contributed by atoms with Crippen LogP contribution in [0.25, 0.3) is 0 Å². The molecule has 142 valence electrons. The smallest absolute Gasteiger partial charge is 0.416 e. The maximum Gasteiger partial charge on any atom is 0.416 e. The van der Waals surface area contributed by atoms with Crippen molar-refractivity contribution in [1.82, 2.24) is 5.32 Å². The van der Waals surface area contributed by atoms with E-state index in [4.69, 9.17) is 4.74 Å². The summed E-state index contributed by atoms with van der Waals surface area (Å²) in [5.74, 6) is -0.395. The van der Waals surface area contributed by atoms with Gasteiger partial charge in [-0.2, -0.15) is 13.2 Å². The molecule has 2 aromatic carbocycles. The monoisotopic (exact) mass is 387 g/mol. The van der Waals surface area contributed by atoms with Crippen molar-refractivity contribution in [2.24, 2.45) is 0 Å². The van der Waals surface area contributed by atoms with Crippen LogP contribution >= 0.6 is 12.4 Å². The second-order valence-electron chi connectivity index (χ2n) is 5.76. The van der Waals surface area contributed by atoms with Crippen LogP contribution in [-0.4, -0.2) is 25.2 Å². The molecule has 0 aliphatic heterocycles. The molecule has 1 atom stereocenters. The summed E-state index contributed by atoms with van der Waals surface area (Å²) >= 11 is 0. The molecule has 0 radical (unpaired) electrons. The van der Waals surface area contributed by atoms with Crippen LogP contribution in [0.3, 0.4) is 0 Å². The molecular formula is C19H21ClF3NO2. The van der Waals surface area contributed by atoms with Crippen molar-refractivity contribution in [1.29, 1.82) is 0 Å². The van der Waals surface area contributed by atoms with Crippen LogP contribution in [0.15, 0.2) is 54.6 Å². The summed E-state index contributed by atoms with van der Waals surface area (Å²) in [6.07, 6.45) is -3.88. The van der Waals surface area contributed by atoms with Crippen LogP contribution in [0.1, 0.15) is 28.4 Å². The fraction of sp³-hybridized carbons (Fsp3) is 0.316. The zero-order chi connectivity index (χ0) is 18.3. The van der Waals surface area contributed by atoms with Gasteiger partial charge in [0.05, 0.1) is 11.1 Å². The maximum absolute atomic E-state index is 12.7. The minimum atomic E-state index is -4.34. The molecule has 26 heavy (non-hydrogen) atoms. The van der Waals surface area contributed by atoms with Crippen molar-refractivity contribution in [3.05, 3.63) is 71.3 Å². The van der Waals surface area contributed by atoms with Crippen LogP contribution in [0, 0.1) is 0 Å². The Bertz CT molecular complexity index is 693. The molecular weight excluding hydrogens is 367 g/mol. The molecule has 0 aliphatic carbocycles. The van der Waals surface area contributed by atoms with Crippen LogP contribution in [0.2, 0.25) is 0 Å². The lowest BCUT2D eigenvalue weighted by molar-refractivity contribution is -0.137. The van der Waals surface area contributed by atoms with Crippen LogP contribution in [0.5, 0.6) is 0 Å². The van der Waals surface area contributed by atoms with Gasteiger partial charge in [-0.05, 0) is 37.1 Å². The van der Waals surface area contributed by atoms with Crippen molar-refractivity contribution in [2.45, 2.75) is 25.6 Å². The molecule has 1 N–H and O–H groups in total. The highest BCUT2D eigenvalue weighted by molar-refractivity contribution is 5.89. The first-order valence-corrected chi connectivity index (χ1v) is 7.98. The van der Waals surface area contributed by atoms with Crippen LogP contribution in [-0.2, 0) is 17.3 Å². The molecule has 7 heteroatoms. The SMILES string of the molecule is C[C@H](Cc1cccc(C(F)(F)F)c1)NCCOC(=O)c1ccccc1.Cl. The molecule has 0 saturated heterocycles. The maximum atomic E-state index is 12.7. The van der Waals surface area contributed by atoms with E-state index in [2.05, 4.69) is 5.32 Å². The third kappa shape index (κ3) is 7.06. The Hall–Kier alpha value is -2.05. The second kappa shape index (κ2) is 10.2. The Labute approximate surface area is 157 Å². The number of carbonyl (C=O) groups is 1. The number of alkyl halides is 3. The van der Waals surface area contributed by atoms with Crippen molar-refractivity contribution in [2.75, 3.05) is 13.2 Å². The minimum Gasteiger partial charge on any atom is -0.461 e. The molecule has 2 aromatic rings. The molecule has 0 amide bonds. The normalized spacial score (nSPS) is 12.2. The van der Waals surface area contributed by atoms with Crippen molar-refractivity contribution in [3.8, 4) is 0 Å². The molecule has 0 unspecified atom stereocenters. The summed E-state index contributed by atoms with van der Waals surface area (Å²) in [5.41, 5.74) is 0.449. The zero-order valence-electron chi connectivity index (χ0n) is 14.3. The van der Waals surface area contributed by atoms with E-state index >= 15 is 0 Å². The lowest BCUT2D eigenvalue weighted by Gasteiger charge is -2.15. The van der Waals surface area contributed by atoms with Gasteiger partial charge in [0, 0.05) is 12.6 Å². The van der Waals surface area contributed by atoms with E-state index in [1.807, 2.05) is 13.0 Å². The van der Waals surface area contributed by atoms with E-state index in [-0.39, 0.29) is 25.1 Å². The fourth-order valence-electron chi connectivity index (χ4n) is 2.41. The summed E-state index contributed by atoms with van der Waals surface area (Å²) in [5, 5.41) is 3.14. The lowest BCUT2D eigenvalue weighted by Crippen LogP contribution is -2.31. The van der Waals surface area contributed by atoms with Crippen molar-refractivity contribution >= 4 is 18.4 Å². The molecule has 0 spiro atoms. The van der Waals surface area contributed by atoms with Crippen LogP contribution < -0.4 is 5.32 Å². The molecule has 0 aliphatic rings. The predicted octanol–water partition coefficient (Wildman–Crippen LogP) is 4.50. The Morgan fingerprint density at radius 2 is 1.81 bits per heavy atom. The highest BCUT2D eigenvalue weighted by Gasteiger charge is 2.30. The largest absolute Gasteiger partial charge is 0.461 e. The quantitative estimate of drug-likeness (QED) is 0.561. The average molecular weight is 388 g/mol. The highest BCUT2D eigenvalue weighted by Crippen LogP contribution is 2.29. The van der Waals surface area contributed by atoms with Gasteiger partial charge < -0.3 is 10.1 Å². The van der Waals surface area contributed by atoms with Gasteiger partial charge in [-0.25, -0.2) is 4.79 Å². The number of rotatable bonds is 7. The zero-order valence-corrected chi connectivity index (χ0v) is 15.1. The minimum absolute atomic E-state index is 0. The average Bonchev–Trinajstić information content (AvgIpc) is 2.59. The predicted molar refractivity (Wildman–Crippen MR) is 96.6 cm³/mol. The first-order chi connectivity index (χ1) is 11.9. The summed E-state index contributed by atoms with van der Waals surface area (Å²) in [6, 6.07) is 13.9. The topological polar surface area (TPSA) is 38.3 Å². The Balaban J connectivity index is 0.00000338. The fourth-order valence-corrected chi connectivity index (χ4v) is 2.41. The summed E-state index contributed by atoms with van der Waals surface area (Å²) in [7, 11) is 0. The Morgan fingerprint density at radius 1 is 1.12 bits per heavy atom. The molecule has 0 heterocycles. The molecule has 3 nitrogen and oxygen atoms in total. The number of halogens is 4. The Morgan fingerprint density at radius 3 is 2.46 bits per heavy atom. The molecule has 0 saturated carbocycles. The van der Waals surface area contributed by atoms with Crippen molar-refractivity contribution < 1.29 is 22.7 Å². The number of ether oxygens (including phenoxy) is 1. The number of benzene rings is 2. The number of hydrogen-bond acceptors (Lipinski definition) is 3. The first kappa shape index (κ1) is 22.0. The van der Waals surface area contributed by atoms with Gasteiger partial charge in [-0.1, -0.05) is 36.4 Å². The standard InChI is InChI=1S/C19H20F3NO2.ClH/c1-14(12-15-6-5-9-17(13-15)19(20,21)22)23-10-11-25-18(24)16-7-3-2-4-8-16;/h2-9,13-14,23H,10-12H2,1H3;1H/t14-;/m1./s1. The van der Waals surface area contributed by atoms with Gasteiger partial charge in [0.2, 0.25) is 0 Å². The first-order valence-electron chi connectivity index (χ1n) is 7.98. The number of hydrogen-bond donors (Lipinski definition) is 1. The van der Waals surface area contributed by atoms with E-state index in [9.17, 15) is 18.0 Å². The molecule has 0 bridgehead atoms. The molecule has 0 fully saturated rings. The van der Waals surface area contributed by atoms with Crippen molar-refractivity contribution in [3.63, 3.8) is 0 Å². The van der Waals surface area contributed by atoms with E-state index in [0.29, 0.717) is 24.1 Å². The van der Waals surface area contributed by atoms with Gasteiger partial charge >= 0.3 is 12.1 Å². The van der Waals surface area contributed by atoms with E-state index in [1.165, 1.54) is 6.07 Å². The third-order valence-corrected chi connectivity index (χ3v) is 3.63. The number of nitrogens with one attached hydrogen (secondary N) is 1. The van der Waals surface area contributed by atoms with Gasteiger partial charge in [0.1, 0.15) is 6.61 Å². The molecule has 0 aromatic heterocycles. The van der Waals surface area contributed by atoms with Crippen LogP contribution in [0.4, 0.5) is 13.2 Å². The van der Waals surface area contributed by atoms with Gasteiger partial charge in [-0.3, -0.25) is 0 Å². The highest BCUT2D eigenvalue weighted by atomic mass is 35.5. The summed E-state index contributed by atoms with van der Waals surface area (Å²) in [4.78, 5) is 11.8. The van der Waals surface area contributed by atoms with Gasteiger partial charge in [0.15, 0.2) is 0 Å². The van der Waals surface area contributed by atoms with Gasteiger partial charge in [0.25, 0.3) is 0 Å². The number of esters is 1. The van der Waals surface area contributed by atoms with E-state index in [1.54, 1.807) is 30.3 Å². The summed E-state index contributed by atoms with van der Waals surface area (Å²) in [6.45, 7) is 2.50. The van der Waals surface area contributed by atoms with Gasteiger partial charge in [-0.15, -0.1) is 12.4 Å². The number of carbonyl (C=O) groups excluding carboxylic acids is 1. The van der Waals surface area contributed by atoms with E-state index < -0.39 is 17.7 Å². The lowest BCUT2D eigenvalue weighted by atomic mass is 10.0. The second-order valence-corrected chi connectivity index (χ2v) is 5.76.